The molecule has 1 heterocycles. The second-order valence-electron chi connectivity index (χ2n) is 4.01. The molecule has 2 rings (SSSR count). The fourth-order valence-corrected chi connectivity index (χ4v) is 2.14. The lowest BCUT2D eigenvalue weighted by Gasteiger charge is -2.05. The minimum Gasteiger partial charge on any atom is -0.466 e. The number of nitrogens with one attached hydrogen (secondary N) is 1. The Morgan fingerprint density at radius 3 is 2.65 bits per heavy atom. The predicted octanol–water partition coefficient (Wildman–Crippen LogP) is 2.50. The first kappa shape index (κ1) is 14.2. The molecule has 0 unspecified atom stereocenters. The Balaban J connectivity index is 1.95. The molecule has 0 aliphatic carbocycles. The average molecular weight is 290 g/mol. The van der Waals surface area contributed by atoms with Gasteiger partial charge in [0.25, 0.3) is 5.91 Å². The molecule has 1 N–H and O–H groups in total. The van der Waals surface area contributed by atoms with Crippen molar-refractivity contribution in [1.29, 1.82) is 0 Å². The number of amides is 1. The van der Waals surface area contributed by atoms with Crippen molar-refractivity contribution < 1.29 is 14.3 Å². The van der Waals surface area contributed by atoms with Crippen molar-refractivity contribution in [3.8, 4) is 0 Å². The molecule has 0 fully saturated rings. The highest BCUT2D eigenvalue weighted by Crippen LogP contribution is 2.12. The Morgan fingerprint density at radius 1 is 1.30 bits per heavy atom. The summed E-state index contributed by atoms with van der Waals surface area (Å²) in [4.78, 5) is 27.0. The maximum absolute atomic E-state index is 11.8. The number of ether oxygens (including phenoxy) is 1. The topological polar surface area (TPSA) is 68.3 Å². The number of esters is 1. The Morgan fingerprint density at radius 2 is 2.05 bits per heavy atom. The largest absolute Gasteiger partial charge is 0.466 e. The van der Waals surface area contributed by atoms with Crippen LogP contribution in [0, 0.1) is 0 Å². The van der Waals surface area contributed by atoms with Gasteiger partial charge in [-0.15, -0.1) is 11.3 Å². The van der Waals surface area contributed by atoms with E-state index in [4.69, 9.17) is 4.74 Å². The smallest absolute Gasteiger partial charge is 0.310 e. The molecule has 0 saturated heterocycles. The van der Waals surface area contributed by atoms with Crippen LogP contribution in [0.3, 0.4) is 0 Å². The molecule has 6 heteroatoms. The molecule has 2 aromatic rings. The summed E-state index contributed by atoms with van der Waals surface area (Å²) in [6.07, 6.45) is 0.230. The zero-order chi connectivity index (χ0) is 14.4. The summed E-state index contributed by atoms with van der Waals surface area (Å²) in [6, 6.07) is 7.07. The Bertz CT molecular complexity index is 579. The summed E-state index contributed by atoms with van der Waals surface area (Å²) < 4.78 is 4.87. The Hall–Kier alpha value is -2.21. The fourth-order valence-electron chi connectivity index (χ4n) is 1.60. The third-order valence-electron chi connectivity index (χ3n) is 2.53. The van der Waals surface area contributed by atoms with Gasteiger partial charge in [-0.05, 0) is 24.6 Å². The first-order chi connectivity index (χ1) is 9.69. The maximum atomic E-state index is 11.8. The first-order valence-electron chi connectivity index (χ1n) is 6.13. The molecule has 1 aromatic heterocycles. The van der Waals surface area contributed by atoms with Gasteiger partial charge in [0, 0.05) is 11.1 Å². The van der Waals surface area contributed by atoms with Crippen LogP contribution in [-0.2, 0) is 16.0 Å². The predicted molar refractivity (Wildman–Crippen MR) is 76.8 cm³/mol. The van der Waals surface area contributed by atoms with Crippen LogP contribution in [0.15, 0.2) is 35.2 Å². The number of carbonyl (C=O) groups is 2. The molecule has 0 bridgehead atoms. The number of hydrogen-bond acceptors (Lipinski definition) is 5. The molecule has 0 radical (unpaired) electrons. The zero-order valence-electron chi connectivity index (χ0n) is 11.0. The van der Waals surface area contributed by atoms with Crippen LogP contribution in [0.2, 0.25) is 0 Å². The number of thiazole rings is 1. The number of hydrogen-bond donors (Lipinski definition) is 1. The number of benzene rings is 1. The van der Waals surface area contributed by atoms with Crippen molar-refractivity contribution in [3.63, 3.8) is 0 Å². The third kappa shape index (κ3) is 3.89. The number of anilines is 1. The van der Waals surface area contributed by atoms with Crippen molar-refractivity contribution in [1.82, 2.24) is 4.98 Å². The minimum absolute atomic E-state index is 0.230. The van der Waals surface area contributed by atoms with E-state index < -0.39 is 0 Å². The molecule has 0 atom stereocenters. The van der Waals surface area contributed by atoms with Gasteiger partial charge < -0.3 is 10.1 Å². The standard InChI is InChI=1S/C14H14N2O3S/c1-2-19-13(17)7-10-3-5-11(6-4-10)16-14(18)12-8-20-9-15-12/h3-6,8-9H,2,7H2,1H3,(H,16,18). The number of carbonyl (C=O) groups excluding carboxylic acids is 2. The molecule has 0 saturated carbocycles. The normalized spacial score (nSPS) is 10.1. The van der Waals surface area contributed by atoms with Crippen molar-refractivity contribution >= 4 is 28.9 Å². The molecule has 104 valence electrons. The SMILES string of the molecule is CCOC(=O)Cc1ccc(NC(=O)c2cscn2)cc1. The van der Waals surface area contributed by atoms with Crippen LogP contribution in [0.25, 0.3) is 0 Å². The molecule has 0 spiro atoms. The maximum Gasteiger partial charge on any atom is 0.310 e. The van der Waals surface area contributed by atoms with Gasteiger partial charge in [-0.2, -0.15) is 0 Å². The number of nitrogens with zero attached hydrogens (tertiary/aromatic N) is 1. The van der Waals surface area contributed by atoms with Crippen molar-refractivity contribution in [3.05, 3.63) is 46.4 Å². The van der Waals surface area contributed by atoms with Crippen LogP contribution < -0.4 is 5.32 Å². The number of rotatable bonds is 5. The lowest BCUT2D eigenvalue weighted by atomic mass is 10.1. The summed E-state index contributed by atoms with van der Waals surface area (Å²) in [6.45, 7) is 2.15. The third-order valence-corrected chi connectivity index (χ3v) is 3.12. The molecular formula is C14H14N2O3S. The van der Waals surface area contributed by atoms with E-state index in [9.17, 15) is 9.59 Å². The van der Waals surface area contributed by atoms with E-state index in [1.807, 2.05) is 0 Å². The summed E-state index contributed by atoms with van der Waals surface area (Å²) in [5.41, 5.74) is 3.51. The van der Waals surface area contributed by atoms with E-state index in [-0.39, 0.29) is 18.3 Å². The highest BCUT2D eigenvalue weighted by molar-refractivity contribution is 7.07. The second kappa shape index (κ2) is 6.81. The van der Waals surface area contributed by atoms with Crippen molar-refractivity contribution in [2.24, 2.45) is 0 Å². The van der Waals surface area contributed by atoms with Crippen LogP contribution in [0.5, 0.6) is 0 Å². The van der Waals surface area contributed by atoms with Gasteiger partial charge in [0.15, 0.2) is 0 Å². The van der Waals surface area contributed by atoms with Crippen molar-refractivity contribution in [2.75, 3.05) is 11.9 Å². The quantitative estimate of drug-likeness (QED) is 0.859. The van der Waals surface area contributed by atoms with Crippen LogP contribution in [0.1, 0.15) is 23.0 Å². The molecular weight excluding hydrogens is 276 g/mol. The average Bonchev–Trinajstić information content (AvgIpc) is 2.95. The zero-order valence-corrected chi connectivity index (χ0v) is 11.8. The molecule has 0 aliphatic rings. The van der Waals surface area contributed by atoms with Gasteiger partial charge in [0.05, 0.1) is 18.5 Å². The monoisotopic (exact) mass is 290 g/mol. The van der Waals surface area contributed by atoms with Crippen LogP contribution in [-0.4, -0.2) is 23.5 Å². The molecule has 0 aliphatic heterocycles. The molecule has 1 aromatic carbocycles. The summed E-state index contributed by atoms with van der Waals surface area (Å²) >= 11 is 1.37. The molecule has 5 nitrogen and oxygen atoms in total. The Labute approximate surface area is 120 Å². The molecule has 1 amide bonds. The minimum atomic E-state index is -0.258. The van der Waals surface area contributed by atoms with E-state index in [0.29, 0.717) is 18.0 Å². The van der Waals surface area contributed by atoms with E-state index >= 15 is 0 Å². The number of aromatic nitrogens is 1. The van der Waals surface area contributed by atoms with Gasteiger partial charge in [-0.1, -0.05) is 12.1 Å². The van der Waals surface area contributed by atoms with Gasteiger partial charge >= 0.3 is 5.97 Å². The van der Waals surface area contributed by atoms with Gasteiger partial charge in [0.1, 0.15) is 5.69 Å². The second-order valence-corrected chi connectivity index (χ2v) is 4.73. The highest BCUT2D eigenvalue weighted by atomic mass is 32.1. The van der Waals surface area contributed by atoms with E-state index in [1.54, 1.807) is 42.1 Å². The Kier molecular flexibility index (Phi) is 4.84. The van der Waals surface area contributed by atoms with Crippen LogP contribution >= 0.6 is 11.3 Å². The summed E-state index contributed by atoms with van der Waals surface area (Å²) in [5, 5.41) is 4.42. The molecule has 20 heavy (non-hydrogen) atoms. The van der Waals surface area contributed by atoms with E-state index in [2.05, 4.69) is 10.3 Å². The summed E-state index contributed by atoms with van der Waals surface area (Å²) in [7, 11) is 0. The highest BCUT2D eigenvalue weighted by Gasteiger charge is 2.08. The fraction of sp³-hybridized carbons (Fsp3) is 0.214. The van der Waals surface area contributed by atoms with Gasteiger partial charge in [-0.25, -0.2) is 4.98 Å². The lowest BCUT2D eigenvalue weighted by molar-refractivity contribution is -0.142. The van der Waals surface area contributed by atoms with Crippen molar-refractivity contribution in [2.45, 2.75) is 13.3 Å². The van der Waals surface area contributed by atoms with E-state index in [0.717, 1.165) is 5.56 Å². The van der Waals surface area contributed by atoms with E-state index in [1.165, 1.54) is 11.3 Å². The first-order valence-corrected chi connectivity index (χ1v) is 7.07. The lowest BCUT2D eigenvalue weighted by Crippen LogP contribution is -2.12. The van der Waals surface area contributed by atoms with Crippen LogP contribution in [0.4, 0.5) is 5.69 Å². The summed E-state index contributed by atoms with van der Waals surface area (Å²) in [5.74, 6) is -0.504. The van der Waals surface area contributed by atoms with Gasteiger partial charge in [0.2, 0.25) is 0 Å². The van der Waals surface area contributed by atoms with Gasteiger partial charge in [-0.3, -0.25) is 9.59 Å².